The van der Waals surface area contributed by atoms with E-state index in [1.54, 1.807) is 0 Å². The lowest BCUT2D eigenvalue weighted by Gasteiger charge is -1.63. The molecule has 0 spiro atoms. The van der Waals surface area contributed by atoms with Crippen molar-refractivity contribution in [2.24, 2.45) is 0 Å². The van der Waals surface area contributed by atoms with Crippen LogP contribution in [0.3, 0.4) is 0 Å². The maximum absolute atomic E-state index is 10.1. The Morgan fingerprint density at radius 1 is 1.71 bits per heavy atom. The second-order valence-corrected chi connectivity index (χ2v) is 1.50. The summed E-state index contributed by atoms with van der Waals surface area (Å²) < 4.78 is 0. The number of H-pyrrole nitrogens is 2. The summed E-state index contributed by atoms with van der Waals surface area (Å²) in [5.74, 6) is 0. The van der Waals surface area contributed by atoms with Gasteiger partial charge in [0.25, 0.3) is 0 Å². The third-order valence-electron chi connectivity index (χ3n) is 0.563. The molecule has 1 heterocycles. The Bertz CT molecular complexity index is 201. The third kappa shape index (κ3) is 0.838. The summed E-state index contributed by atoms with van der Waals surface area (Å²) in [4.78, 5) is 14.7. The zero-order valence-corrected chi connectivity index (χ0v) is 4.12. The highest BCUT2D eigenvalue weighted by Gasteiger charge is 1.83. The van der Waals surface area contributed by atoms with Crippen molar-refractivity contribution in [2.45, 2.75) is 0 Å². The molecule has 0 atom stereocenters. The highest BCUT2D eigenvalue weighted by atomic mass is 35.5. The van der Waals surface area contributed by atoms with Crippen molar-refractivity contribution in [1.82, 2.24) is 9.97 Å². The van der Waals surface area contributed by atoms with Gasteiger partial charge in [-0.15, -0.1) is 0 Å². The second-order valence-electron chi connectivity index (χ2n) is 1.09. The minimum Gasteiger partial charge on any atom is -0.311 e. The molecule has 2 N–H and O–H groups in total. The zero-order chi connectivity index (χ0) is 5.28. The molecule has 0 saturated carbocycles. The normalized spacial score (nSPS) is 9.29. The number of hydrogen-bond acceptors (Lipinski definition) is 1. The predicted octanol–water partition coefficient (Wildman–Crippen LogP) is 0.356. The first kappa shape index (κ1) is 4.46. The molecule has 1 aromatic rings. The van der Waals surface area contributed by atoms with Gasteiger partial charge in [0.15, 0.2) is 0 Å². The lowest BCUT2D eigenvalue weighted by molar-refractivity contribution is 1.19. The monoisotopic (exact) mass is 118 g/mol. The Labute approximate surface area is 44.3 Å². The summed E-state index contributed by atoms with van der Waals surface area (Å²) in [6.07, 6.45) is 1.39. The van der Waals surface area contributed by atoms with Crippen LogP contribution in [0.25, 0.3) is 0 Å². The van der Waals surface area contributed by atoms with Crippen LogP contribution in [0, 0.1) is 0 Å². The maximum Gasteiger partial charge on any atom is 0.324 e. The molecule has 0 bridgehead atoms. The number of imidazole rings is 1. The van der Waals surface area contributed by atoms with Gasteiger partial charge in [-0.05, 0) is 0 Å². The summed E-state index contributed by atoms with van der Waals surface area (Å²) >= 11 is 5.27. The predicted molar refractivity (Wildman–Crippen MR) is 26.4 cm³/mol. The van der Waals surface area contributed by atoms with E-state index in [1.165, 1.54) is 6.20 Å². The van der Waals surface area contributed by atoms with Gasteiger partial charge in [-0.1, -0.05) is 11.6 Å². The van der Waals surface area contributed by atoms with Gasteiger partial charge in [0.05, 0.1) is 0 Å². The van der Waals surface area contributed by atoms with E-state index in [9.17, 15) is 4.79 Å². The van der Waals surface area contributed by atoms with Crippen molar-refractivity contribution in [1.29, 1.82) is 0 Å². The minimum atomic E-state index is -0.273. The molecular weight excluding hydrogens is 115 g/mol. The van der Waals surface area contributed by atoms with Crippen LogP contribution in [0.15, 0.2) is 11.0 Å². The fraction of sp³-hybridized carbons (Fsp3) is 0. The molecule has 0 unspecified atom stereocenters. The standard InChI is InChI=1S/C3H3ClN2O/c4-2-1-5-3(7)6-2/h1H,(H2,5,6,7). The van der Waals surface area contributed by atoms with Crippen LogP contribution >= 0.6 is 11.6 Å². The second kappa shape index (κ2) is 1.42. The topological polar surface area (TPSA) is 48.6 Å². The first-order chi connectivity index (χ1) is 3.29. The molecular formula is C3H3ClN2O. The fourth-order valence-corrected chi connectivity index (χ4v) is 0.450. The molecule has 0 saturated heterocycles. The lowest BCUT2D eigenvalue weighted by Crippen LogP contribution is -1.99. The van der Waals surface area contributed by atoms with E-state index in [0.717, 1.165) is 0 Å². The van der Waals surface area contributed by atoms with Crippen molar-refractivity contribution in [3.8, 4) is 0 Å². The molecule has 0 aliphatic carbocycles. The van der Waals surface area contributed by atoms with Crippen LogP contribution in [-0.4, -0.2) is 9.97 Å². The van der Waals surface area contributed by atoms with E-state index in [2.05, 4.69) is 9.97 Å². The highest BCUT2D eigenvalue weighted by Crippen LogP contribution is 1.93. The largest absolute Gasteiger partial charge is 0.324 e. The number of hydrogen-bond donors (Lipinski definition) is 2. The van der Waals surface area contributed by atoms with Gasteiger partial charge in [-0.3, -0.25) is 4.98 Å². The fourth-order valence-electron chi connectivity index (χ4n) is 0.310. The van der Waals surface area contributed by atoms with Gasteiger partial charge in [0, 0.05) is 6.20 Å². The van der Waals surface area contributed by atoms with Crippen LogP contribution in [0.1, 0.15) is 0 Å². The summed E-state index contributed by atoms with van der Waals surface area (Å²) in [5, 5.41) is 0.338. The van der Waals surface area contributed by atoms with Crippen molar-refractivity contribution in [3.05, 3.63) is 21.8 Å². The number of nitrogens with one attached hydrogen (secondary N) is 2. The number of rotatable bonds is 0. The van der Waals surface area contributed by atoms with Crippen LogP contribution < -0.4 is 5.69 Å². The molecule has 4 heteroatoms. The Kier molecular flexibility index (Phi) is 0.906. The molecule has 1 aromatic heterocycles. The summed E-state index contributed by atoms with van der Waals surface area (Å²) in [5.41, 5.74) is -0.273. The van der Waals surface area contributed by atoms with Crippen molar-refractivity contribution in [2.75, 3.05) is 0 Å². The van der Waals surface area contributed by atoms with Gasteiger partial charge in [-0.2, -0.15) is 0 Å². The number of halogens is 1. The van der Waals surface area contributed by atoms with Gasteiger partial charge in [0.1, 0.15) is 5.15 Å². The smallest absolute Gasteiger partial charge is 0.311 e. The van der Waals surface area contributed by atoms with E-state index in [1.807, 2.05) is 0 Å². The molecule has 0 aromatic carbocycles. The van der Waals surface area contributed by atoms with Gasteiger partial charge in [0.2, 0.25) is 0 Å². The van der Waals surface area contributed by atoms with Crippen molar-refractivity contribution >= 4 is 11.6 Å². The van der Waals surface area contributed by atoms with E-state index < -0.39 is 0 Å². The number of aromatic amines is 2. The first-order valence-corrected chi connectivity index (χ1v) is 2.10. The van der Waals surface area contributed by atoms with Crippen LogP contribution in [0.2, 0.25) is 5.15 Å². The minimum absolute atomic E-state index is 0.273. The quantitative estimate of drug-likeness (QED) is 0.508. The highest BCUT2D eigenvalue weighted by molar-refractivity contribution is 6.29. The molecule has 0 radical (unpaired) electrons. The van der Waals surface area contributed by atoms with Crippen LogP contribution in [-0.2, 0) is 0 Å². The first-order valence-electron chi connectivity index (χ1n) is 1.72. The average Bonchev–Trinajstić information content (AvgIpc) is 1.87. The molecule has 38 valence electrons. The van der Waals surface area contributed by atoms with Crippen LogP contribution in [0.4, 0.5) is 0 Å². The molecule has 1 rings (SSSR count). The van der Waals surface area contributed by atoms with Crippen molar-refractivity contribution < 1.29 is 0 Å². The Hall–Kier alpha value is -0.700. The Morgan fingerprint density at radius 2 is 2.43 bits per heavy atom. The Balaban J connectivity index is 3.30. The van der Waals surface area contributed by atoms with E-state index >= 15 is 0 Å². The molecule has 0 amide bonds. The molecule has 0 fully saturated rings. The lowest BCUT2D eigenvalue weighted by atomic mass is 11.0. The molecule has 0 aliphatic heterocycles. The van der Waals surface area contributed by atoms with E-state index in [-0.39, 0.29) is 5.69 Å². The van der Waals surface area contributed by atoms with Gasteiger partial charge >= 0.3 is 5.69 Å². The third-order valence-corrected chi connectivity index (χ3v) is 0.767. The Morgan fingerprint density at radius 3 is 2.57 bits per heavy atom. The SMILES string of the molecule is O=c1[nH]cc(Cl)[nH]1. The van der Waals surface area contributed by atoms with Gasteiger partial charge < -0.3 is 4.98 Å². The molecule has 3 nitrogen and oxygen atoms in total. The van der Waals surface area contributed by atoms with Crippen LogP contribution in [0.5, 0.6) is 0 Å². The summed E-state index contributed by atoms with van der Waals surface area (Å²) in [6, 6.07) is 0. The van der Waals surface area contributed by atoms with E-state index in [0.29, 0.717) is 5.15 Å². The molecule has 0 aliphatic rings. The zero-order valence-electron chi connectivity index (χ0n) is 3.36. The summed E-state index contributed by atoms with van der Waals surface area (Å²) in [6.45, 7) is 0. The van der Waals surface area contributed by atoms with Gasteiger partial charge in [-0.25, -0.2) is 4.79 Å². The van der Waals surface area contributed by atoms with Crippen molar-refractivity contribution in [3.63, 3.8) is 0 Å². The molecule has 7 heavy (non-hydrogen) atoms. The van der Waals surface area contributed by atoms with E-state index in [4.69, 9.17) is 11.6 Å². The average molecular weight is 119 g/mol. The maximum atomic E-state index is 10.1. The summed E-state index contributed by atoms with van der Waals surface area (Å²) in [7, 11) is 0. The number of aromatic nitrogens is 2.